The highest BCUT2D eigenvalue weighted by Gasteiger charge is 2.38. The number of hydrogen-bond donors (Lipinski definition) is 0. The van der Waals surface area contributed by atoms with E-state index in [-0.39, 0.29) is 17.9 Å². The molecule has 1 fully saturated rings. The number of carbonyl (C=O) groups excluding carboxylic acids is 1. The Balaban J connectivity index is 1.37. The van der Waals surface area contributed by atoms with E-state index in [1.165, 1.54) is 5.57 Å². The first-order valence-corrected chi connectivity index (χ1v) is 12.6. The lowest BCUT2D eigenvalue weighted by molar-refractivity contribution is -0.125. The second kappa shape index (κ2) is 7.92. The number of sulfonamides is 1. The van der Waals surface area contributed by atoms with Crippen LogP contribution in [0.4, 0.5) is 5.69 Å². The van der Waals surface area contributed by atoms with Crippen molar-refractivity contribution in [2.45, 2.75) is 50.0 Å². The Morgan fingerprint density at radius 2 is 1.84 bits per heavy atom. The van der Waals surface area contributed by atoms with Crippen molar-refractivity contribution in [2.24, 2.45) is 5.92 Å². The molecule has 5 rings (SSSR count). The third-order valence-corrected chi connectivity index (χ3v) is 8.77. The van der Waals surface area contributed by atoms with E-state index in [0.717, 1.165) is 36.1 Å². The van der Waals surface area contributed by atoms with Gasteiger partial charge < -0.3 is 4.90 Å². The maximum absolute atomic E-state index is 13.3. The second-order valence-corrected chi connectivity index (χ2v) is 10.8. The Morgan fingerprint density at radius 1 is 1.06 bits per heavy atom. The van der Waals surface area contributed by atoms with E-state index in [0.29, 0.717) is 30.8 Å². The molecule has 0 radical (unpaired) electrons. The number of nitrogens with zero attached hydrogens (tertiary/aromatic N) is 2. The molecular formula is C25H28N2O3S. The lowest BCUT2D eigenvalue weighted by Crippen LogP contribution is -2.42. The fourth-order valence-corrected chi connectivity index (χ4v) is 6.32. The zero-order valence-electron chi connectivity index (χ0n) is 17.8. The molecule has 0 unspecified atom stereocenters. The van der Waals surface area contributed by atoms with E-state index < -0.39 is 10.0 Å². The van der Waals surface area contributed by atoms with Crippen LogP contribution in [-0.4, -0.2) is 37.8 Å². The minimum absolute atomic E-state index is 0.0763. The first-order chi connectivity index (χ1) is 14.9. The third kappa shape index (κ3) is 3.62. The van der Waals surface area contributed by atoms with Crippen molar-refractivity contribution in [1.29, 1.82) is 0 Å². The highest BCUT2D eigenvalue weighted by molar-refractivity contribution is 7.89. The normalized spacial score (nSPS) is 22.0. The molecule has 0 bridgehead atoms. The second-order valence-electron chi connectivity index (χ2n) is 8.89. The lowest BCUT2D eigenvalue weighted by atomic mass is 9.84. The molecule has 2 heterocycles. The van der Waals surface area contributed by atoms with Gasteiger partial charge in [0.05, 0.1) is 4.90 Å². The number of hydrogen-bond acceptors (Lipinski definition) is 3. The van der Waals surface area contributed by atoms with Gasteiger partial charge in [-0.3, -0.25) is 4.79 Å². The van der Waals surface area contributed by atoms with Crippen molar-refractivity contribution >= 4 is 27.2 Å². The molecule has 0 saturated heterocycles. The molecule has 1 aliphatic carbocycles. The number of carbonyl (C=O) groups is 1. The van der Waals surface area contributed by atoms with E-state index in [2.05, 4.69) is 12.1 Å². The summed E-state index contributed by atoms with van der Waals surface area (Å²) in [6, 6.07) is 15.5. The van der Waals surface area contributed by atoms with Crippen molar-refractivity contribution in [2.75, 3.05) is 18.0 Å². The van der Waals surface area contributed by atoms with Gasteiger partial charge in [0.15, 0.2) is 0 Å². The maximum atomic E-state index is 13.3. The first-order valence-electron chi connectivity index (χ1n) is 11.2. The average molecular weight is 437 g/mol. The number of amides is 1. The zero-order chi connectivity index (χ0) is 21.6. The largest absolute Gasteiger partial charge is 0.309 e. The van der Waals surface area contributed by atoms with Crippen molar-refractivity contribution in [1.82, 2.24) is 4.31 Å². The highest BCUT2D eigenvalue weighted by atomic mass is 32.2. The van der Waals surface area contributed by atoms with Gasteiger partial charge in [0.2, 0.25) is 15.9 Å². The fraction of sp³-hybridized carbons (Fsp3) is 0.400. The molecule has 5 nitrogen and oxygen atoms in total. The predicted octanol–water partition coefficient (Wildman–Crippen LogP) is 4.24. The van der Waals surface area contributed by atoms with Crippen LogP contribution in [0.5, 0.6) is 0 Å². The van der Waals surface area contributed by atoms with Crippen molar-refractivity contribution in [3.8, 4) is 0 Å². The van der Waals surface area contributed by atoms with Crippen LogP contribution in [0.15, 0.2) is 59.5 Å². The van der Waals surface area contributed by atoms with Gasteiger partial charge in [0.1, 0.15) is 0 Å². The maximum Gasteiger partial charge on any atom is 0.243 e. The minimum Gasteiger partial charge on any atom is -0.309 e. The number of anilines is 1. The molecule has 6 heteroatoms. The Kier molecular flexibility index (Phi) is 5.22. The van der Waals surface area contributed by atoms with Crippen LogP contribution < -0.4 is 4.90 Å². The summed E-state index contributed by atoms with van der Waals surface area (Å²) >= 11 is 0. The summed E-state index contributed by atoms with van der Waals surface area (Å²) in [5.74, 6) is 0.332. The van der Waals surface area contributed by atoms with Gasteiger partial charge >= 0.3 is 0 Å². The SMILES string of the molecule is C[C@H]1Cc2cc(S(=O)(=O)N3CC=C(c4ccccc4)CC3)ccc2N1C(=O)C1CCC1. The molecule has 0 spiro atoms. The molecule has 162 valence electrons. The topological polar surface area (TPSA) is 57.7 Å². The Bertz CT molecular complexity index is 1140. The van der Waals surface area contributed by atoms with Crippen LogP contribution in [0.2, 0.25) is 0 Å². The van der Waals surface area contributed by atoms with Crippen LogP contribution >= 0.6 is 0 Å². The molecule has 3 aliphatic rings. The average Bonchev–Trinajstić information content (AvgIpc) is 3.08. The van der Waals surface area contributed by atoms with E-state index in [1.807, 2.05) is 42.2 Å². The Morgan fingerprint density at radius 3 is 2.48 bits per heavy atom. The zero-order valence-corrected chi connectivity index (χ0v) is 18.6. The molecule has 2 aromatic carbocycles. The Labute approximate surface area is 184 Å². The van der Waals surface area contributed by atoms with Gasteiger partial charge in [0.25, 0.3) is 0 Å². The van der Waals surface area contributed by atoms with Crippen LogP contribution in [0.25, 0.3) is 5.57 Å². The summed E-state index contributed by atoms with van der Waals surface area (Å²) in [7, 11) is -3.57. The van der Waals surface area contributed by atoms with Gasteiger partial charge in [0, 0.05) is 30.7 Å². The number of fused-ring (bicyclic) bond motifs is 1. The van der Waals surface area contributed by atoms with Crippen molar-refractivity contribution in [3.63, 3.8) is 0 Å². The van der Waals surface area contributed by atoms with Crippen molar-refractivity contribution < 1.29 is 13.2 Å². The first kappa shape index (κ1) is 20.5. The molecule has 1 amide bonds. The van der Waals surface area contributed by atoms with Gasteiger partial charge in [-0.15, -0.1) is 0 Å². The number of rotatable bonds is 4. The molecule has 31 heavy (non-hydrogen) atoms. The monoisotopic (exact) mass is 436 g/mol. The van der Waals surface area contributed by atoms with Crippen LogP contribution in [0.1, 0.15) is 43.7 Å². The molecular weight excluding hydrogens is 408 g/mol. The molecule has 0 N–H and O–H groups in total. The van der Waals surface area contributed by atoms with Gasteiger partial charge in [-0.2, -0.15) is 4.31 Å². The van der Waals surface area contributed by atoms with Crippen molar-refractivity contribution in [3.05, 3.63) is 65.7 Å². The van der Waals surface area contributed by atoms with E-state index in [4.69, 9.17) is 0 Å². The van der Waals surface area contributed by atoms with E-state index in [9.17, 15) is 13.2 Å². The van der Waals surface area contributed by atoms with Crippen LogP contribution in [0.3, 0.4) is 0 Å². The standard InChI is InChI=1S/C25H28N2O3S/c1-18-16-22-17-23(10-11-24(22)27(18)25(28)21-8-5-9-21)31(29,30)26-14-12-20(13-15-26)19-6-3-2-4-7-19/h2-4,6-7,10-12,17-18,21H,5,8-9,13-16H2,1H3/t18-/m0/s1. The lowest BCUT2D eigenvalue weighted by Gasteiger charge is -2.32. The summed E-state index contributed by atoms with van der Waals surface area (Å²) in [5.41, 5.74) is 4.19. The van der Waals surface area contributed by atoms with E-state index >= 15 is 0 Å². The van der Waals surface area contributed by atoms with Gasteiger partial charge in [-0.1, -0.05) is 42.8 Å². The third-order valence-electron chi connectivity index (χ3n) is 6.91. The number of benzene rings is 2. The summed E-state index contributed by atoms with van der Waals surface area (Å²) in [6.45, 7) is 2.90. The Hall–Kier alpha value is -2.44. The molecule has 2 aliphatic heterocycles. The summed E-state index contributed by atoms with van der Waals surface area (Å²) in [6.07, 6.45) is 6.49. The summed E-state index contributed by atoms with van der Waals surface area (Å²) in [4.78, 5) is 15.1. The van der Waals surface area contributed by atoms with Gasteiger partial charge in [-0.05, 0) is 67.5 Å². The molecule has 2 aromatic rings. The summed E-state index contributed by atoms with van der Waals surface area (Å²) in [5, 5.41) is 0. The predicted molar refractivity (Wildman–Crippen MR) is 122 cm³/mol. The quantitative estimate of drug-likeness (QED) is 0.720. The van der Waals surface area contributed by atoms with E-state index in [1.54, 1.807) is 16.4 Å². The highest BCUT2D eigenvalue weighted by Crippen LogP contribution is 2.38. The molecule has 1 atom stereocenters. The fourth-order valence-electron chi connectivity index (χ4n) is 4.89. The van der Waals surface area contributed by atoms with Crippen LogP contribution in [0, 0.1) is 5.92 Å². The molecule has 1 saturated carbocycles. The summed E-state index contributed by atoms with van der Waals surface area (Å²) < 4.78 is 28.2. The van der Waals surface area contributed by atoms with Crippen LogP contribution in [-0.2, 0) is 21.2 Å². The minimum atomic E-state index is -3.57. The smallest absolute Gasteiger partial charge is 0.243 e. The van der Waals surface area contributed by atoms with Gasteiger partial charge in [-0.25, -0.2) is 8.42 Å². The molecule has 0 aromatic heterocycles.